The van der Waals surface area contributed by atoms with E-state index in [4.69, 9.17) is 5.73 Å². The zero-order valence-corrected chi connectivity index (χ0v) is 13.4. The van der Waals surface area contributed by atoms with Gasteiger partial charge in [-0.3, -0.25) is 9.55 Å². The molecule has 25 heavy (non-hydrogen) atoms. The van der Waals surface area contributed by atoms with Crippen LogP contribution >= 0.6 is 0 Å². The predicted molar refractivity (Wildman–Crippen MR) is 95.5 cm³/mol. The maximum atomic E-state index is 13.6. The van der Waals surface area contributed by atoms with Gasteiger partial charge < -0.3 is 11.1 Å². The van der Waals surface area contributed by atoms with Crippen LogP contribution in [-0.2, 0) is 0 Å². The molecule has 0 bridgehead atoms. The fourth-order valence-corrected chi connectivity index (χ4v) is 2.70. The molecule has 0 unspecified atom stereocenters. The Labute approximate surface area is 143 Å². The minimum Gasteiger partial charge on any atom is -0.399 e. The number of nitrogens with zero attached hydrogens (tertiary/aromatic N) is 4. The van der Waals surface area contributed by atoms with Crippen LogP contribution in [0.3, 0.4) is 0 Å². The Bertz CT molecular complexity index is 1060. The molecule has 0 saturated carbocycles. The summed E-state index contributed by atoms with van der Waals surface area (Å²) in [6, 6.07) is 11.8. The van der Waals surface area contributed by atoms with Crippen LogP contribution in [0, 0.1) is 12.7 Å². The second kappa shape index (κ2) is 5.86. The number of hydrogen-bond donors (Lipinski definition) is 2. The molecule has 0 atom stereocenters. The maximum absolute atomic E-state index is 13.6. The van der Waals surface area contributed by atoms with Crippen molar-refractivity contribution in [2.45, 2.75) is 6.92 Å². The van der Waals surface area contributed by atoms with Crippen LogP contribution in [0.4, 0.5) is 21.6 Å². The van der Waals surface area contributed by atoms with E-state index in [1.807, 2.05) is 19.1 Å². The summed E-state index contributed by atoms with van der Waals surface area (Å²) in [6.45, 7) is 1.85. The van der Waals surface area contributed by atoms with Crippen LogP contribution in [0.15, 0.2) is 54.9 Å². The Morgan fingerprint density at radius 1 is 1.04 bits per heavy atom. The number of halogens is 1. The van der Waals surface area contributed by atoms with Gasteiger partial charge in [0.15, 0.2) is 11.6 Å². The van der Waals surface area contributed by atoms with E-state index in [0.29, 0.717) is 34.2 Å². The number of imidazole rings is 1. The summed E-state index contributed by atoms with van der Waals surface area (Å²) in [4.78, 5) is 13.3. The van der Waals surface area contributed by atoms with Crippen LogP contribution in [0.25, 0.3) is 16.9 Å². The number of aromatic nitrogens is 4. The average Bonchev–Trinajstić information content (AvgIpc) is 2.92. The molecule has 2 heterocycles. The predicted octanol–water partition coefficient (Wildman–Crippen LogP) is 3.59. The summed E-state index contributed by atoms with van der Waals surface area (Å²) in [7, 11) is 0. The number of benzene rings is 2. The molecule has 0 spiro atoms. The third-order valence-electron chi connectivity index (χ3n) is 3.82. The van der Waals surface area contributed by atoms with Gasteiger partial charge in [-0.15, -0.1) is 0 Å². The van der Waals surface area contributed by atoms with Crippen LogP contribution in [-0.4, -0.2) is 19.5 Å². The summed E-state index contributed by atoms with van der Waals surface area (Å²) in [5.41, 5.74) is 8.58. The van der Waals surface area contributed by atoms with E-state index in [9.17, 15) is 4.39 Å². The molecule has 124 valence electrons. The fourth-order valence-electron chi connectivity index (χ4n) is 2.70. The Hall–Kier alpha value is -3.48. The van der Waals surface area contributed by atoms with Crippen molar-refractivity contribution in [3.05, 3.63) is 66.5 Å². The van der Waals surface area contributed by atoms with Crippen LogP contribution in [0.1, 0.15) is 5.82 Å². The first-order valence-electron chi connectivity index (χ1n) is 7.70. The number of hydrogen-bond acceptors (Lipinski definition) is 5. The number of fused-ring (bicyclic) bond motifs is 1. The molecule has 7 heteroatoms. The van der Waals surface area contributed by atoms with E-state index in [0.717, 1.165) is 5.69 Å². The highest BCUT2D eigenvalue weighted by molar-refractivity contribution is 5.78. The van der Waals surface area contributed by atoms with Crippen LogP contribution in [0.2, 0.25) is 0 Å². The molecule has 0 aliphatic rings. The SMILES string of the molecule is Cc1nc2ccc(F)cc2n1-c1cncc(Nc2ccc(N)cc2)n1. The van der Waals surface area contributed by atoms with E-state index >= 15 is 0 Å². The lowest BCUT2D eigenvalue weighted by Crippen LogP contribution is -2.03. The van der Waals surface area contributed by atoms with Crippen molar-refractivity contribution in [1.29, 1.82) is 0 Å². The third-order valence-corrected chi connectivity index (χ3v) is 3.82. The van der Waals surface area contributed by atoms with E-state index in [-0.39, 0.29) is 5.82 Å². The van der Waals surface area contributed by atoms with Gasteiger partial charge in [-0.2, -0.15) is 0 Å². The number of nitrogen functional groups attached to an aromatic ring is 1. The lowest BCUT2D eigenvalue weighted by atomic mass is 10.3. The second-order valence-corrected chi connectivity index (χ2v) is 5.64. The summed E-state index contributed by atoms with van der Waals surface area (Å²) >= 11 is 0. The molecule has 4 rings (SSSR count). The van der Waals surface area contributed by atoms with E-state index in [1.54, 1.807) is 35.2 Å². The molecule has 0 fully saturated rings. The lowest BCUT2D eigenvalue weighted by Gasteiger charge is -2.09. The first-order valence-corrected chi connectivity index (χ1v) is 7.70. The van der Waals surface area contributed by atoms with E-state index in [1.165, 1.54) is 12.1 Å². The van der Waals surface area contributed by atoms with Crippen LogP contribution < -0.4 is 11.1 Å². The Morgan fingerprint density at radius 2 is 1.84 bits per heavy atom. The van der Waals surface area contributed by atoms with Crippen molar-refractivity contribution in [3.8, 4) is 5.82 Å². The normalized spacial score (nSPS) is 11.0. The summed E-state index contributed by atoms with van der Waals surface area (Å²) in [5.74, 6) is 1.52. The van der Waals surface area contributed by atoms with Crippen molar-refractivity contribution in [1.82, 2.24) is 19.5 Å². The van der Waals surface area contributed by atoms with Gasteiger partial charge in [0.25, 0.3) is 0 Å². The monoisotopic (exact) mass is 334 g/mol. The highest BCUT2D eigenvalue weighted by Crippen LogP contribution is 2.22. The van der Waals surface area contributed by atoms with Gasteiger partial charge >= 0.3 is 0 Å². The fraction of sp³-hybridized carbons (Fsp3) is 0.0556. The Kier molecular flexibility index (Phi) is 3.53. The third kappa shape index (κ3) is 2.87. The maximum Gasteiger partial charge on any atom is 0.159 e. The summed E-state index contributed by atoms with van der Waals surface area (Å²) in [6.07, 6.45) is 3.24. The zero-order chi connectivity index (χ0) is 17.4. The van der Waals surface area contributed by atoms with Crippen LogP contribution in [0.5, 0.6) is 0 Å². The van der Waals surface area contributed by atoms with Gasteiger partial charge in [0, 0.05) is 17.4 Å². The molecule has 0 aliphatic heterocycles. The van der Waals surface area contributed by atoms with Crippen molar-refractivity contribution in [2.24, 2.45) is 0 Å². The molecule has 0 radical (unpaired) electrons. The molecule has 0 amide bonds. The van der Waals surface area contributed by atoms with Gasteiger partial charge in [-0.25, -0.2) is 14.4 Å². The average molecular weight is 334 g/mol. The summed E-state index contributed by atoms with van der Waals surface area (Å²) < 4.78 is 15.4. The van der Waals surface area contributed by atoms with Crippen molar-refractivity contribution < 1.29 is 4.39 Å². The minimum atomic E-state index is -0.322. The molecular weight excluding hydrogens is 319 g/mol. The van der Waals surface area contributed by atoms with E-state index in [2.05, 4.69) is 20.3 Å². The highest BCUT2D eigenvalue weighted by Gasteiger charge is 2.12. The molecule has 0 saturated heterocycles. The quantitative estimate of drug-likeness (QED) is 0.560. The van der Waals surface area contributed by atoms with Crippen molar-refractivity contribution in [2.75, 3.05) is 11.1 Å². The second-order valence-electron chi connectivity index (χ2n) is 5.64. The minimum absolute atomic E-state index is 0.322. The largest absolute Gasteiger partial charge is 0.399 e. The molecule has 3 N–H and O–H groups in total. The van der Waals surface area contributed by atoms with Gasteiger partial charge in [0.2, 0.25) is 0 Å². The molecule has 0 aliphatic carbocycles. The first-order chi connectivity index (χ1) is 12.1. The molecule has 2 aromatic heterocycles. The molecule has 4 aromatic rings. The van der Waals surface area contributed by atoms with Crippen molar-refractivity contribution >= 4 is 28.2 Å². The number of nitrogens with one attached hydrogen (secondary N) is 1. The number of nitrogens with two attached hydrogens (primary N) is 1. The molecule has 6 nitrogen and oxygen atoms in total. The summed E-state index contributed by atoms with van der Waals surface area (Å²) in [5, 5.41) is 3.18. The van der Waals surface area contributed by atoms with E-state index < -0.39 is 0 Å². The Morgan fingerprint density at radius 3 is 2.64 bits per heavy atom. The standard InChI is InChI=1S/C18H15FN6/c1-11-22-15-7-2-12(19)8-16(15)25(11)18-10-21-9-17(24-18)23-14-5-3-13(20)4-6-14/h2-10H,20H2,1H3,(H,23,24). The number of anilines is 3. The lowest BCUT2D eigenvalue weighted by molar-refractivity contribution is 0.629. The molecule has 2 aromatic carbocycles. The van der Waals surface area contributed by atoms with Gasteiger partial charge in [0.1, 0.15) is 11.6 Å². The highest BCUT2D eigenvalue weighted by atomic mass is 19.1. The van der Waals surface area contributed by atoms with Gasteiger partial charge in [0.05, 0.1) is 23.4 Å². The topological polar surface area (TPSA) is 81.7 Å². The smallest absolute Gasteiger partial charge is 0.159 e. The number of aryl methyl sites for hydroxylation is 1. The zero-order valence-electron chi connectivity index (χ0n) is 13.4. The molecular formula is C18H15FN6. The first kappa shape index (κ1) is 15.1. The number of rotatable bonds is 3. The van der Waals surface area contributed by atoms with Crippen molar-refractivity contribution in [3.63, 3.8) is 0 Å². The van der Waals surface area contributed by atoms with Gasteiger partial charge in [-0.05, 0) is 43.3 Å². The Balaban J connectivity index is 1.76. The van der Waals surface area contributed by atoms with Gasteiger partial charge in [-0.1, -0.05) is 0 Å².